The molecular formula is C32H26N4O5. The Labute approximate surface area is 236 Å². The van der Waals surface area contributed by atoms with Crippen LogP contribution < -0.4 is 14.2 Å². The Balaban J connectivity index is 1.11. The largest absolute Gasteiger partial charge is 0.494 e. The number of benzene rings is 4. The van der Waals surface area contributed by atoms with E-state index in [9.17, 15) is 0 Å². The molecule has 6 rings (SSSR count). The molecule has 0 aliphatic carbocycles. The zero-order chi connectivity index (χ0) is 28.0. The molecule has 2 heterocycles. The van der Waals surface area contributed by atoms with Crippen LogP contribution in [0.4, 0.5) is 0 Å². The molecule has 9 heteroatoms. The summed E-state index contributed by atoms with van der Waals surface area (Å²) >= 11 is 0. The average Bonchev–Trinajstić information content (AvgIpc) is 3.70. The van der Waals surface area contributed by atoms with Gasteiger partial charge < -0.3 is 23.0 Å². The van der Waals surface area contributed by atoms with Crippen molar-refractivity contribution in [3.63, 3.8) is 0 Å². The van der Waals surface area contributed by atoms with Crippen LogP contribution in [0.15, 0.2) is 106 Å². The summed E-state index contributed by atoms with van der Waals surface area (Å²) in [5.74, 6) is 4.53. The Bertz CT molecular complexity index is 1610. The summed E-state index contributed by atoms with van der Waals surface area (Å²) in [5, 5.41) is 16.8. The fourth-order valence-corrected chi connectivity index (χ4v) is 4.15. The van der Waals surface area contributed by atoms with Crippen LogP contribution in [0.1, 0.15) is 13.8 Å². The van der Waals surface area contributed by atoms with Gasteiger partial charge in [0, 0.05) is 22.3 Å². The van der Waals surface area contributed by atoms with E-state index >= 15 is 0 Å². The summed E-state index contributed by atoms with van der Waals surface area (Å²) in [6.45, 7) is 5.05. The van der Waals surface area contributed by atoms with E-state index in [1.165, 1.54) is 0 Å². The van der Waals surface area contributed by atoms with Crippen LogP contribution in [0.2, 0.25) is 0 Å². The van der Waals surface area contributed by atoms with Crippen molar-refractivity contribution < 1.29 is 23.0 Å². The Morgan fingerprint density at radius 2 is 0.854 bits per heavy atom. The van der Waals surface area contributed by atoms with Gasteiger partial charge in [-0.2, -0.15) is 0 Å². The van der Waals surface area contributed by atoms with Gasteiger partial charge in [0.2, 0.25) is 23.6 Å². The SMILES string of the molecule is CCOc1cccc(-c2nnc(-c3ccc(Oc4ccc(-c5nnc(-c6cccc(OCC)c6)o5)cc4)cc3)o2)c1. The molecule has 41 heavy (non-hydrogen) atoms. The van der Waals surface area contributed by atoms with Gasteiger partial charge in [0.1, 0.15) is 23.0 Å². The third-order valence-electron chi connectivity index (χ3n) is 6.07. The molecule has 0 radical (unpaired) electrons. The molecule has 6 aromatic rings. The molecule has 0 fully saturated rings. The average molecular weight is 547 g/mol. The summed E-state index contributed by atoms with van der Waals surface area (Å²) in [6.07, 6.45) is 0. The molecule has 0 atom stereocenters. The molecule has 0 saturated carbocycles. The van der Waals surface area contributed by atoms with Gasteiger partial charge in [-0.1, -0.05) is 12.1 Å². The summed E-state index contributed by atoms with van der Waals surface area (Å²) in [6, 6.07) is 30.0. The van der Waals surface area contributed by atoms with Crippen LogP contribution in [-0.2, 0) is 0 Å². The topological polar surface area (TPSA) is 106 Å². The fourth-order valence-electron chi connectivity index (χ4n) is 4.15. The first-order valence-corrected chi connectivity index (χ1v) is 13.2. The number of nitrogens with zero attached hydrogens (tertiary/aromatic N) is 4. The summed E-state index contributed by atoms with van der Waals surface area (Å²) in [5.41, 5.74) is 3.16. The zero-order valence-corrected chi connectivity index (χ0v) is 22.5. The molecule has 0 bridgehead atoms. The second kappa shape index (κ2) is 11.7. The van der Waals surface area contributed by atoms with Crippen molar-refractivity contribution >= 4 is 0 Å². The summed E-state index contributed by atoms with van der Waals surface area (Å²) in [4.78, 5) is 0. The van der Waals surface area contributed by atoms with Crippen LogP contribution in [-0.4, -0.2) is 33.6 Å². The molecule has 0 saturated heterocycles. The minimum atomic E-state index is 0.418. The maximum atomic E-state index is 6.02. The van der Waals surface area contributed by atoms with Gasteiger partial charge in [0.25, 0.3) is 0 Å². The van der Waals surface area contributed by atoms with Gasteiger partial charge in [0.05, 0.1) is 13.2 Å². The minimum absolute atomic E-state index is 0.418. The van der Waals surface area contributed by atoms with Crippen LogP contribution >= 0.6 is 0 Å². The Kier molecular flexibility index (Phi) is 7.40. The molecule has 204 valence electrons. The normalized spacial score (nSPS) is 10.9. The van der Waals surface area contributed by atoms with E-state index in [0.717, 1.165) is 33.8 Å². The molecule has 0 aliphatic heterocycles. The van der Waals surface area contributed by atoms with Crippen LogP contribution in [0, 0.1) is 0 Å². The Morgan fingerprint density at radius 3 is 1.24 bits per heavy atom. The number of hydrogen-bond acceptors (Lipinski definition) is 9. The Hall–Kier alpha value is -5.44. The highest BCUT2D eigenvalue weighted by Gasteiger charge is 2.13. The fraction of sp³-hybridized carbons (Fsp3) is 0.125. The highest BCUT2D eigenvalue weighted by atomic mass is 16.5. The van der Waals surface area contributed by atoms with Gasteiger partial charge in [0.15, 0.2) is 0 Å². The van der Waals surface area contributed by atoms with Gasteiger partial charge in [-0.05, 0) is 98.8 Å². The van der Waals surface area contributed by atoms with E-state index in [1.807, 2.05) is 111 Å². The van der Waals surface area contributed by atoms with E-state index < -0.39 is 0 Å². The van der Waals surface area contributed by atoms with Crippen molar-refractivity contribution in [1.82, 2.24) is 20.4 Å². The predicted molar refractivity (Wildman–Crippen MR) is 153 cm³/mol. The molecule has 0 unspecified atom stereocenters. The summed E-state index contributed by atoms with van der Waals surface area (Å²) < 4.78 is 28.9. The van der Waals surface area contributed by atoms with Crippen molar-refractivity contribution in [3.8, 4) is 68.8 Å². The molecule has 0 N–H and O–H groups in total. The van der Waals surface area contributed by atoms with E-state index in [0.29, 0.717) is 48.3 Å². The number of rotatable bonds is 10. The third kappa shape index (κ3) is 5.94. The van der Waals surface area contributed by atoms with Crippen LogP contribution in [0.5, 0.6) is 23.0 Å². The maximum absolute atomic E-state index is 6.02. The second-order valence-electron chi connectivity index (χ2n) is 8.90. The standard InChI is InChI=1S/C32H26N4O5/c1-3-37-27-9-5-7-23(19-27)31-35-33-29(40-31)21-11-15-25(16-12-21)39-26-17-13-22(14-18-26)30-34-36-32(41-30)24-8-6-10-28(20-24)38-4-2/h5-20H,3-4H2,1-2H3. The van der Waals surface area contributed by atoms with Gasteiger partial charge in [-0.15, -0.1) is 20.4 Å². The molecule has 2 aromatic heterocycles. The second-order valence-corrected chi connectivity index (χ2v) is 8.90. The van der Waals surface area contributed by atoms with E-state index in [1.54, 1.807) is 0 Å². The monoisotopic (exact) mass is 546 g/mol. The van der Waals surface area contributed by atoms with Gasteiger partial charge in [-0.3, -0.25) is 0 Å². The third-order valence-corrected chi connectivity index (χ3v) is 6.07. The minimum Gasteiger partial charge on any atom is -0.494 e. The first-order chi connectivity index (χ1) is 20.2. The van der Waals surface area contributed by atoms with Crippen LogP contribution in [0.3, 0.4) is 0 Å². The van der Waals surface area contributed by atoms with Gasteiger partial charge in [-0.25, -0.2) is 0 Å². The first-order valence-electron chi connectivity index (χ1n) is 13.2. The lowest BCUT2D eigenvalue weighted by atomic mass is 10.2. The van der Waals surface area contributed by atoms with Crippen LogP contribution in [0.25, 0.3) is 45.8 Å². The van der Waals surface area contributed by atoms with E-state index in [4.69, 9.17) is 23.0 Å². The van der Waals surface area contributed by atoms with E-state index in [2.05, 4.69) is 20.4 Å². The lowest BCUT2D eigenvalue weighted by Crippen LogP contribution is -1.91. The molecular weight excluding hydrogens is 520 g/mol. The van der Waals surface area contributed by atoms with Crippen molar-refractivity contribution in [2.24, 2.45) is 0 Å². The number of aromatic nitrogens is 4. The Morgan fingerprint density at radius 1 is 0.463 bits per heavy atom. The quantitative estimate of drug-likeness (QED) is 0.171. The molecule has 0 aliphatic rings. The van der Waals surface area contributed by atoms with Crippen molar-refractivity contribution in [2.45, 2.75) is 13.8 Å². The smallest absolute Gasteiger partial charge is 0.248 e. The van der Waals surface area contributed by atoms with E-state index in [-0.39, 0.29) is 0 Å². The predicted octanol–water partition coefficient (Wildman–Crippen LogP) is 7.71. The van der Waals surface area contributed by atoms with Gasteiger partial charge >= 0.3 is 0 Å². The number of hydrogen-bond donors (Lipinski definition) is 0. The first kappa shape index (κ1) is 25.8. The zero-order valence-electron chi connectivity index (χ0n) is 22.5. The molecule has 0 amide bonds. The molecule has 9 nitrogen and oxygen atoms in total. The summed E-state index contributed by atoms with van der Waals surface area (Å²) in [7, 11) is 0. The highest BCUT2D eigenvalue weighted by molar-refractivity contribution is 5.61. The molecule has 4 aromatic carbocycles. The lowest BCUT2D eigenvalue weighted by Gasteiger charge is -2.06. The molecule has 0 spiro atoms. The maximum Gasteiger partial charge on any atom is 0.248 e. The number of ether oxygens (including phenoxy) is 3. The van der Waals surface area contributed by atoms with Crippen molar-refractivity contribution in [2.75, 3.05) is 13.2 Å². The van der Waals surface area contributed by atoms with Crippen molar-refractivity contribution in [1.29, 1.82) is 0 Å². The highest BCUT2D eigenvalue weighted by Crippen LogP contribution is 2.31. The lowest BCUT2D eigenvalue weighted by molar-refractivity contribution is 0.340. The van der Waals surface area contributed by atoms with Crippen molar-refractivity contribution in [3.05, 3.63) is 97.1 Å².